The van der Waals surface area contributed by atoms with Crippen LogP contribution in [0.1, 0.15) is 25.0 Å². The molecule has 6 heteroatoms. The number of nitrogens with zero attached hydrogens (tertiary/aromatic N) is 2. The van der Waals surface area contributed by atoms with Crippen molar-refractivity contribution in [2.45, 2.75) is 20.4 Å². The van der Waals surface area contributed by atoms with E-state index < -0.39 is 17.8 Å². The van der Waals surface area contributed by atoms with Gasteiger partial charge in [0.2, 0.25) is 0 Å². The minimum absolute atomic E-state index is 0.0499. The van der Waals surface area contributed by atoms with Gasteiger partial charge >= 0.3 is 6.03 Å². The second kappa shape index (κ2) is 8.52. The molecule has 0 spiro atoms. The Labute approximate surface area is 164 Å². The monoisotopic (exact) mass is 377 g/mol. The molecular weight excluding hydrogens is 354 g/mol. The number of benzene rings is 2. The SMILES string of the molecule is CCN(CC)c1ccc(/C=C2\C(=O)NC(=O)N(Cc3ccccc3)C2=O)cc1. The van der Waals surface area contributed by atoms with Gasteiger partial charge in [-0.2, -0.15) is 0 Å². The van der Waals surface area contributed by atoms with Crippen molar-refractivity contribution in [2.24, 2.45) is 0 Å². The lowest BCUT2D eigenvalue weighted by Gasteiger charge is -2.26. The van der Waals surface area contributed by atoms with Crippen LogP contribution in [0, 0.1) is 0 Å². The fourth-order valence-electron chi connectivity index (χ4n) is 3.14. The van der Waals surface area contributed by atoms with E-state index in [1.807, 2.05) is 54.6 Å². The van der Waals surface area contributed by atoms with Crippen LogP contribution in [0.5, 0.6) is 0 Å². The molecule has 0 aliphatic carbocycles. The summed E-state index contributed by atoms with van der Waals surface area (Å²) in [5.74, 6) is -1.27. The Morgan fingerprint density at radius 1 is 0.929 bits per heavy atom. The third-order valence-corrected chi connectivity index (χ3v) is 4.70. The quantitative estimate of drug-likeness (QED) is 0.620. The minimum atomic E-state index is -0.701. The van der Waals surface area contributed by atoms with E-state index in [1.165, 1.54) is 6.08 Å². The van der Waals surface area contributed by atoms with Crippen molar-refractivity contribution in [1.29, 1.82) is 0 Å². The molecule has 0 radical (unpaired) electrons. The summed E-state index contributed by atoms with van der Waals surface area (Å²) >= 11 is 0. The van der Waals surface area contributed by atoms with Gasteiger partial charge in [0.05, 0.1) is 6.54 Å². The van der Waals surface area contributed by atoms with Gasteiger partial charge in [0.15, 0.2) is 0 Å². The summed E-state index contributed by atoms with van der Waals surface area (Å²) in [6, 6.07) is 16.1. The van der Waals surface area contributed by atoms with Crippen LogP contribution >= 0.6 is 0 Å². The molecule has 1 fully saturated rings. The first kappa shape index (κ1) is 19.4. The lowest BCUT2D eigenvalue weighted by Crippen LogP contribution is -2.53. The number of anilines is 1. The Morgan fingerprint density at radius 3 is 2.18 bits per heavy atom. The highest BCUT2D eigenvalue weighted by atomic mass is 16.2. The fourth-order valence-corrected chi connectivity index (χ4v) is 3.14. The van der Waals surface area contributed by atoms with Crippen LogP contribution in [0.15, 0.2) is 60.2 Å². The van der Waals surface area contributed by atoms with Gasteiger partial charge in [-0.3, -0.25) is 19.8 Å². The first-order valence-corrected chi connectivity index (χ1v) is 9.31. The molecule has 144 valence electrons. The molecule has 0 unspecified atom stereocenters. The lowest BCUT2D eigenvalue weighted by atomic mass is 10.1. The number of carbonyl (C=O) groups is 3. The van der Waals surface area contributed by atoms with Gasteiger partial charge in [0, 0.05) is 18.8 Å². The predicted octanol–water partition coefficient (Wildman–Crippen LogP) is 3.19. The van der Waals surface area contributed by atoms with Crippen LogP contribution in [0.3, 0.4) is 0 Å². The number of amides is 4. The van der Waals surface area contributed by atoms with Crippen LogP contribution < -0.4 is 10.2 Å². The molecule has 1 heterocycles. The van der Waals surface area contributed by atoms with E-state index in [1.54, 1.807) is 0 Å². The number of barbiturate groups is 1. The number of imide groups is 2. The molecule has 6 nitrogen and oxygen atoms in total. The predicted molar refractivity (Wildman–Crippen MR) is 109 cm³/mol. The maximum absolute atomic E-state index is 12.8. The molecule has 0 bridgehead atoms. The van der Waals surface area contributed by atoms with E-state index in [2.05, 4.69) is 24.1 Å². The molecule has 28 heavy (non-hydrogen) atoms. The Balaban J connectivity index is 1.84. The van der Waals surface area contributed by atoms with Crippen LogP contribution in [-0.2, 0) is 16.1 Å². The van der Waals surface area contributed by atoms with Gasteiger partial charge in [-0.05, 0) is 43.2 Å². The molecular formula is C22H23N3O3. The molecule has 2 aromatic rings. The molecule has 4 amide bonds. The van der Waals surface area contributed by atoms with Crippen molar-refractivity contribution in [3.63, 3.8) is 0 Å². The number of nitrogens with one attached hydrogen (secondary N) is 1. The minimum Gasteiger partial charge on any atom is -0.372 e. The Morgan fingerprint density at radius 2 is 1.57 bits per heavy atom. The third-order valence-electron chi connectivity index (χ3n) is 4.70. The second-order valence-corrected chi connectivity index (χ2v) is 6.46. The number of hydrogen-bond donors (Lipinski definition) is 1. The van der Waals surface area contributed by atoms with Crippen molar-refractivity contribution in [3.8, 4) is 0 Å². The summed E-state index contributed by atoms with van der Waals surface area (Å²) in [5.41, 5.74) is 2.56. The molecule has 1 saturated heterocycles. The van der Waals surface area contributed by atoms with Gasteiger partial charge in [0.1, 0.15) is 5.57 Å². The first-order chi connectivity index (χ1) is 13.5. The van der Waals surface area contributed by atoms with Crippen molar-refractivity contribution in [2.75, 3.05) is 18.0 Å². The first-order valence-electron chi connectivity index (χ1n) is 9.31. The smallest absolute Gasteiger partial charge is 0.331 e. The topological polar surface area (TPSA) is 69.7 Å². The number of carbonyl (C=O) groups excluding carboxylic acids is 3. The number of hydrogen-bond acceptors (Lipinski definition) is 4. The summed E-state index contributed by atoms with van der Waals surface area (Å²) in [7, 11) is 0. The van der Waals surface area contributed by atoms with Gasteiger partial charge in [-0.15, -0.1) is 0 Å². The van der Waals surface area contributed by atoms with Crippen LogP contribution in [0.4, 0.5) is 10.5 Å². The molecule has 2 aromatic carbocycles. The molecule has 1 aliphatic rings. The number of rotatable bonds is 6. The van der Waals surface area contributed by atoms with Crippen molar-refractivity contribution in [1.82, 2.24) is 10.2 Å². The van der Waals surface area contributed by atoms with E-state index in [0.717, 1.165) is 34.8 Å². The highest BCUT2D eigenvalue weighted by Crippen LogP contribution is 2.20. The Bertz CT molecular complexity index is 900. The summed E-state index contributed by atoms with van der Waals surface area (Å²) in [6.45, 7) is 6.07. The Hall–Kier alpha value is -3.41. The normalized spacial score (nSPS) is 15.7. The van der Waals surface area contributed by atoms with Crippen molar-refractivity contribution < 1.29 is 14.4 Å². The van der Waals surface area contributed by atoms with Crippen molar-refractivity contribution >= 4 is 29.6 Å². The molecule has 0 aromatic heterocycles. The standard InChI is InChI=1S/C22H23N3O3/c1-3-24(4-2)18-12-10-16(11-13-18)14-19-20(26)23-22(28)25(21(19)27)15-17-8-6-5-7-9-17/h5-14H,3-4,15H2,1-2H3,(H,23,26,28)/b19-14+. The molecule has 3 rings (SSSR count). The van der Waals surface area contributed by atoms with Gasteiger partial charge in [0.25, 0.3) is 11.8 Å². The van der Waals surface area contributed by atoms with Crippen LogP contribution in [0.25, 0.3) is 6.08 Å². The Kier molecular flexibility index (Phi) is 5.89. The number of urea groups is 1. The highest BCUT2D eigenvalue weighted by Gasteiger charge is 2.35. The van der Waals surface area contributed by atoms with Gasteiger partial charge < -0.3 is 4.90 Å². The summed E-state index contributed by atoms with van der Waals surface area (Å²) < 4.78 is 0. The summed E-state index contributed by atoms with van der Waals surface area (Å²) in [4.78, 5) is 40.4. The van der Waals surface area contributed by atoms with Crippen molar-refractivity contribution in [3.05, 3.63) is 71.3 Å². The van der Waals surface area contributed by atoms with Crippen LogP contribution in [0.2, 0.25) is 0 Å². The maximum Gasteiger partial charge on any atom is 0.331 e. The van der Waals surface area contributed by atoms with Gasteiger partial charge in [-0.1, -0.05) is 42.5 Å². The maximum atomic E-state index is 12.8. The van der Waals surface area contributed by atoms with E-state index in [9.17, 15) is 14.4 Å². The zero-order valence-corrected chi connectivity index (χ0v) is 16.0. The largest absolute Gasteiger partial charge is 0.372 e. The van der Waals surface area contributed by atoms with Crippen LogP contribution in [-0.4, -0.2) is 35.8 Å². The lowest BCUT2D eigenvalue weighted by molar-refractivity contribution is -0.130. The molecule has 0 atom stereocenters. The summed E-state index contributed by atoms with van der Waals surface area (Å²) in [5, 5.41) is 2.25. The van der Waals surface area contributed by atoms with E-state index in [-0.39, 0.29) is 12.1 Å². The molecule has 1 N–H and O–H groups in total. The van der Waals surface area contributed by atoms with E-state index in [0.29, 0.717) is 0 Å². The highest BCUT2D eigenvalue weighted by molar-refractivity contribution is 6.30. The second-order valence-electron chi connectivity index (χ2n) is 6.46. The zero-order chi connectivity index (χ0) is 20.1. The molecule has 1 aliphatic heterocycles. The summed E-state index contributed by atoms with van der Waals surface area (Å²) in [6.07, 6.45) is 1.52. The average Bonchev–Trinajstić information content (AvgIpc) is 2.71. The average molecular weight is 377 g/mol. The van der Waals surface area contributed by atoms with E-state index in [4.69, 9.17) is 0 Å². The fraction of sp³-hybridized carbons (Fsp3) is 0.227. The third kappa shape index (κ3) is 4.11. The zero-order valence-electron chi connectivity index (χ0n) is 16.0. The van der Waals surface area contributed by atoms with Gasteiger partial charge in [-0.25, -0.2) is 4.79 Å². The molecule has 0 saturated carbocycles. The van der Waals surface area contributed by atoms with E-state index >= 15 is 0 Å².